The van der Waals surface area contributed by atoms with E-state index in [2.05, 4.69) is 25.3 Å². The molecule has 0 saturated heterocycles. The monoisotopic (exact) mass is 317 g/mol. The van der Waals surface area contributed by atoms with Crippen molar-refractivity contribution in [1.29, 1.82) is 0 Å². The van der Waals surface area contributed by atoms with Crippen LogP contribution >= 0.6 is 0 Å². The normalized spacial score (nSPS) is 10.9. The first-order valence-corrected chi connectivity index (χ1v) is 7.57. The summed E-state index contributed by atoms with van der Waals surface area (Å²) < 4.78 is 0. The van der Waals surface area contributed by atoms with E-state index < -0.39 is 0 Å². The molecule has 0 aliphatic heterocycles. The van der Waals surface area contributed by atoms with Crippen molar-refractivity contribution in [2.75, 3.05) is 7.05 Å². The van der Waals surface area contributed by atoms with Crippen molar-refractivity contribution in [2.45, 2.75) is 0 Å². The molecule has 4 aromatic rings. The van der Waals surface area contributed by atoms with Gasteiger partial charge in [0.15, 0.2) is 0 Å². The minimum Gasteiger partial charge on any atom is -0.355 e. The van der Waals surface area contributed by atoms with E-state index in [1.54, 1.807) is 7.05 Å². The lowest BCUT2D eigenvalue weighted by Gasteiger charge is -2.03. The molecule has 0 saturated carbocycles. The van der Waals surface area contributed by atoms with Crippen molar-refractivity contribution in [3.05, 3.63) is 60.6 Å². The Morgan fingerprint density at radius 3 is 2.75 bits per heavy atom. The molecule has 0 fully saturated rings. The van der Waals surface area contributed by atoms with Crippen LogP contribution in [0.25, 0.3) is 33.7 Å². The molecule has 24 heavy (non-hydrogen) atoms. The van der Waals surface area contributed by atoms with Crippen LogP contribution in [0.5, 0.6) is 0 Å². The van der Waals surface area contributed by atoms with Crippen molar-refractivity contribution in [1.82, 2.24) is 25.3 Å². The Bertz CT molecular complexity index is 1020. The van der Waals surface area contributed by atoms with Gasteiger partial charge < -0.3 is 15.3 Å². The third-order valence-corrected chi connectivity index (χ3v) is 3.96. The molecule has 3 N–H and O–H groups in total. The highest BCUT2D eigenvalue weighted by molar-refractivity contribution is 6.02. The van der Waals surface area contributed by atoms with Crippen molar-refractivity contribution in [2.24, 2.45) is 0 Å². The molecule has 0 radical (unpaired) electrons. The molecule has 0 spiro atoms. The number of fused-ring (bicyclic) bond motifs is 1. The van der Waals surface area contributed by atoms with Gasteiger partial charge >= 0.3 is 0 Å². The third-order valence-electron chi connectivity index (χ3n) is 3.96. The molecule has 1 amide bonds. The van der Waals surface area contributed by atoms with Gasteiger partial charge in [-0.15, -0.1) is 0 Å². The Morgan fingerprint density at radius 1 is 1.12 bits per heavy atom. The highest BCUT2D eigenvalue weighted by Gasteiger charge is 2.18. The highest BCUT2D eigenvalue weighted by Crippen LogP contribution is 2.30. The second-order valence-corrected chi connectivity index (χ2v) is 5.38. The van der Waals surface area contributed by atoms with Gasteiger partial charge in [0.2, 0.25) is 0 Å². The Hall–Kier alpha value is -3.41. The minimum atomic E-state index is -0.143. The van der Waals surface area contributed by atoms with Crippen LogP contribution in [0.2, 0.25) is 0 Å². The smallest absolute Gasteiger partial charge is 0.253 e. The fourth-order valence-corrected chi connectivity index (χ4v) is 2.82. The minimum absolute atomic E-state index is 0.143. The number of carbonyl (C=O) groups is 1. The van der Waals surface area contributed by atoms with Crippen molar-refractivity contribution < 1.29 is 4.79 Å². The van der Waals surface area contributed by atoms with Gasteiger partial charge in [0, 0.05) is 18.6 Å². The van der Waals surface area contributed by atoms with Gasteiger partial charge in [-0.05, 0) is 17.7 Å². The van der Waals surface area contributed by atoms with Crippen LogP contribution in [0.1, 0.15) is 10.4 Å². The van der Waals surface area contributed by atoms with Crippen LogP contribution in [0.15, 0.2) is 55.0 Å². The molecule has 4 rings (SSSR count). The predicted octanol–water partition coefficient (Wildman–Crippen LogP) is 2.98. The van der Waals surface area contributed by atoms with Crippen molar-refractivity contribution in [3.8, 4) is 22.6 Å². The van der Waals surface area contributed by atoms with Crippen LogP contribution in [0.4, 0.5) is 0 Å². The van der Waals surface area contributed by atoms with Crippen molar-refractivity contribution >= 4 is 16.9 Å². The lowest BCUT2D eigenvalue weighted by atomic mass is 10.1. The van der Waals surface area contributed by atoms with Gasteiger partial charge in [-0.3, -0.25) is 4.79 Å². The number of carbonyl (C=O) groups excluding carboxylic acids is 1. The maximum Gasteiger partial charge on any atom is 0.253 e. The summed E-state index contributed by atoms with van der Waals surface area (Å²) in [5, 5.41) is 3.59. The van der Waals surface area contributed by atoms with Crippen molar-refractivity contribution in [3.63, 3.8) is 0 Å². The molecular formula is C18H15N5O. The van der Waals surface area contributed by atoms with Crippen LogP contribution in [0, 0.1) is 0 Å². The maximum atomic E-state index is 12.3. The summed E-state index contributed by atoms with van der Waals surface area (Å²) in [7, 11) is 1.62. The number of rotatable bonds is 3. The summed E-state index contributed by atoms with van der Waals surface area (Å²) in [6, 6.07) is 13.5. The molecule has 0 aliphatic rings. The Balaban J connectivity index is 1.93. The molecular weight excluding hydrogens is 302 g/mol. The number of H-pyrrole nitrogens is 2. The number of amides is 1. The van der Waals surface area contributed by atoms with Gasteiger partial charge in [-0.1, -0.05) is 30.3 Å². The van der Waals surface area contributed by atoms with Crippen LogP contribution < -0.4 is 5.32 Å². The maximum absolute atomic E-state index is 12.3. The summed E-state index contributed by atoms with van der Waals surface area (Å²) in [4.78, 5) is 27.3. The number of benzene rings is 1. The zero-order valence-corrected chi connectivity index (χ0v) is 13.0. The lowest BCUT2D eigenvalue weighted by molar-refractivity contribution is 0.0964. The van der Waals surface area contributed by atoms with E-state index in [0.717, 1.165) is 33.7 Å². The van der Waals surface area contributed by atoms with E-state index in [0.29, 0.717) is 5.56 Å². The van der Waals surface area contributed by atoms with E-state index in [-0.39, 0.29) is 5.91 Å². The van der Waals surface area contributed by atoms with E-state index in [9.17, 15) is 4.79 Å². The largest absolute Gasteiger partial charge is 0.355 e. The van der Waals surface area contributed by atoms with E-state index in [4.69, 9.17) is 0 Å². The molecule has 3 heterocycles. The average Bonchev–Trinajstić information content (AvgIpc) is 3.28. The third kappa shape index (κ3) is 2.25. The molecule has 6 nitrogen and oxygen atoms in total. The van der Waals surface area contributed by atoms with Gasteiger partial charge in [0.05, 0.1) is 22.6 Å². The molecule has 0 aliphatic carbocycles. The summed E-state index contributed by atoms with van der Waals surface area (Å²) in [5.74, 6) is -0.143. The number of aromatic amines is 2. The van der Waals surface area contributed by atoms with E-state index in [1.807, 2.05) is 48.7 Å². The molecule has 118 valence electrons. The van der Waals surface area contributed by atoms with Crippen LogP contribution in [0.3, 0.4) is 0 Å². The first kappa shape index (κ1) is 14.2. The first-order chi connectivity index (χ1) is 11.8. The quantitative estimate of drug-likeness (QED) is 0.543. The fourth-order valence-electron chi connectivity index (χ4n) is 2.82. The van der Waals surface area contributed by atoms with E-state index in [1.165, 1.54) is 6.33 Å². The van der Waals surface area contributed by atoms with Gasteiger partial charge in [-0.25, -0.2) is 9.97 Å². The summed E-state index contributed by atoms with van der Waals surface area (Å²) in [5.41, 5.74) is 4.60. The highest BCUT2D eigenvalue weighted by atomic mass is 16.1. The Labute approximate surface area is 138 Å². The number of nitrogens with one attached hydrogen (secondary N) is 3. The molecule has 0 bridgehead atoms. The lowest BCUT2D eigenvalue weighted by Crippen LogP contribution is -2.17. The zero-order valence-electron chi connectivity index (χ0n) is 13.0. The second kappa shape index (κ2) is 5.66. The standard InChI is InChI=1S/C18H15N5O/c1-19-18(24)13-9-14(23-15(13)11-5-3-2-4-6-11)16-12-7-8-20-17(12)22-10-21-16/h2-10,23H,1H3,(H,19,24)(H,20,21,22). The molecule has 0 unspecified atom stereocenters. The topological polar surface area (TPSA) is 86.5 Å². The average molecular weight is 317 g/mol. The van der Waals surface area contributed by atoms with Gasteiger partial charge in [0.25, 0.3) is 5.91 Å². The van der Waals surface area contributed by atoms with Gasteiger partial charge in [-0.2, -0.15) is 0 Å². The number of hydrogen-bond donors (Lipinski definition) is 3. The first-order valence-electron chi connectivity index (χ1n) is 7.57. The Kier molecular flexibility index (Phi) is 3.35. The van der Waals surface area contributed by atoms with Crippen LogP contribution in [-0.2, 0) is 0 Å². The molecule has 3 aromatic heterocycles. The fraction of sp³-hybridized carbons (Fsp3) is 0.0556. The number of aromatic nitrogens is 4. The molecule has 1 aromatic carbocycles. The second-order valence-electron chi connectivity index (χ2n) is 5.38. The predicted molar refractivity (Wildman–Crippen MR) is 92.5 cm³/mol. The van der Waals surface area contributed by atoms with E-state index >= 15 is 0 Å². The van der Waals surface area contributed by atoms with Crippen LogP contribution in [-0.4, -0.2) is 32.9 Å². The summed E-state index contributed by atoms with van der Waals surface area (Å²) in [6.45, 7) is 0. The molecule has 0 atom stereocenters. The zero-order chi connectivity index (χ0) is 16.5. The molecule has 6 heteroatoms. The van der Waals surface area contributed by atoms with Gasteiger partial charge in [0.1, 0.15) is 12.0 Å². The SMILES string of the molecule is CNC(=O)c1cc(-c2ncnc3[nH]ccc23)[nH]c1-c1ccccc1. The Morgan fingerprint density at radius 2 is 1.96 bits per heavy atom. The number of nitrogens with zero attached hydrogens (tertiary/aromatic N) is 2. The summed E-state index contributed by atoms with van der Waals surface area (Å²) in [6.07, 6.45) is 3.33. The number of hydrogen-bond acceptors (Lipinski definition) is 3. The summed E-state index contributed by atoms with van der Waals surface area (Å²) >= 11 is 0.